The number of fused-ring (bicyclic) bond motifs is 2. The Balaban J connectivity index is 1.42. The van der Waals surface area contributed by atoms with Crippen LogP contribution < -0.4 is 5.32 Å². The Kier molecular flexibility index (Phi) is 3.96. The maximum Gasteiger partial charge on any atom is 0.246 e. The van der Waals surface area contributed by atoms with Crippen LogP contribution in [0.5, 0.6) is 0 Å². The molecule has 0 bridgehead atoms. The number of imide groups is 1. The van der Waals surface area contributed by atoms with E-state index in [4.69, 9.17) is 0 Å². The van der Waals surface area contributed by atoms with Gasteiger partial charge in [0.05, 0.1) is 17.5 Å². The van der Waals surface area contributed by atoms with E-state index >= 15 is 0 Å². The summed E-state index contributed by atoms with van der Waals surface area (Å²) in [4.78, 5) is 43.8. The summed E-state index contributed by atoms with van der Waals surface area (Å²) in [6.45, 7) is -0.213. The number of likely N-dealkylation sites (tertiary alicyclic amines) is 1. The van der Waals surface area contributed by atoms with Crippen LogP contribution in [-0.4, -0.2) is 34.2 Å². The lowest BCUT2D eigenvalue weighted by molar-refractivity contribution is -0.142. The third kappa shape index (κ3) is 2.66. The number of aryl methyl sites for hydroxylation is 2. The Morgan fingerprint density at radius 3 is 2.50 bits per heavy atom. The molecule has 3 amide bonds. The van der Waals surface area contributed by atoms with Gasteiger partial charge in [-0.05, 0) is 38.5 Å². The predicted molar refractivity (Wildman–Crippen MR) is 89.5 cm³/mol. The Labute approximate surface area is 143 Å². The lowest BCUT2D eigenvalue weighted by Gasteiger charge is -2.14. The van der Waals surface area contributed by atoms with Gasteiger partial charge in [-0.25, -0.2) is 4.98 Å². The van der Waals surface area contributed by atoms with Gasteiger partial charge in [-0.1, -0.05) is 12.2 Å². The van der Waals surface area contributed by atoms with E-state index in [0.717, 1.165) is 36.3 Å². The second-order valence-electron chi connectivity index (χ2n) is 6.56. The molecule has 6 nitrogen and oxygen atoms in total. The topological polar surface area (TPSA) is 79.4 Å². The van der Waals surface area contributed by atoms with Crippen LogP contribution in [0.3, 0.4) is 0 Å². The van der Waals surface area contributed by atoms with Gasteiger partial charge >= 0.3 is 0 Å². The number of rotatable bonds is 3. The molecule has 1 aliphatic heterocycles. The number of amides is 3. The molecule has 7 heteroatoms. The van der Waals surface area contributed by atoms with Crippen LogP contribution in [0, 0.1) is 11.8 Å². The minimum absolute atomic E-state index is 0.213. The Hall–Kier alpha value is -2.02. The minimum Gasteiger partial charge on any atom is -0.300 e. The molecule has 1 saturated heterocycles. The monoisotopic (exact) mass is 345 g/mol. The fourth-order valence-electron chi connectivity index (χ4n) is 3.73. The molecule has 2 atom stereocenters. The highest BCUT2D eigenvalue weighted by atomic mass is 32.1. The summed E-state index contributed by atoms with van der Waals surface area (Å²) in [5.41, 5.74) is 1.08. The van der Waals surface area contributed by atoms with Crippen molar-refractivity contribution in [3.8, 4) is 0 Å². The summed E-state index contributed by atoms with van der Waals surface area (Å²) in [5, 5.41) is 3.33. The van der Waals surface area contributed by atoms with Crippen LogP contribution in [0.25, 0.3) is 0 Å². The van der Waals surface area contributed by atoms with Crippen molar-refractivity contribution in [2.45, 2.75) is 38.5 Å². The maximum atomic E-state index is 12.4. The van der Waals surface area contributed by atoms with E-state index in [1.807, 2.05) is 12.2 Å². The third-order valence-electron chi connectivity index (χ3n) is 4.99. The van der Waals surface area contributed by atoms with Gasteiger partial charge in [-0.2, -0.15) is 0 Å². The summed E-state index contributed by atoms with van der Waals surface area (Å²) in [6, 6.07) is 0. The van der Waals surface area contributed by atoms with Crippen molar-refractivity contribution in [1.82, 2.24) is 9.88 Å². The van der Waals surface area contributed by atoms with E-state index in [-0.39, 0.29) is 36.1 Å². The van der Waals surface area contributed by atoms with Crippen molar-refractivity contribution in [1.29, 1.82) is 0 Å². The highest BCUT2D eigenvalue weighted by Gasteiger charge is 2.47. The molecule has 1 aromatic rings. The predicted octanol–water partition coefficient (Wildman–Crippen LogP) is 1.91. The summed E-state index contributed by atoms with van der Waals surface area (Å²) in [5.74, 6) is -1.37. The first-order chi connectivity index (χ1) is 11.6. The van der Waals surface area contributed by atoms with Crippen molar-refractivity contribution in [2.75, 3.05) is 11.9 Å². The highest BCUT2D eigenvalue weighted by molar-refractivity contribution is 7.15. The van der Waals surface area contributed by atoms with E-state index < -0.39 is 0 Å². The van der Waals surface area contributed by atoms with Crippen LogP contribution in [0.15, 0.2) is 12.2 Å². The molecule has 1 aromatic heterocycles. The Morgan fingerprint density at radius 1 is 1.17 bits per heavy atom. The average Bonchev–Trinajstić information content (AvgIpc) is 3.09. The molecule has 0 radical (unpaired) electrons. The fraction of sp³-hybridized carbons (Fsp3) is 0.529. The molecule has 0 aromatic carbocycles. The molecule has 1 fully saturated rings. The zero-order valence-electron chi connectivity index (χ0n) is 13.3. The molecular weight excluding hydrogens is 326 g/mol. The van der Waals surface area contributed by atoms with Crippen LogP contribution in [-0.2, 0) is 27.2 Å². The van der Waals surface area contributed by atoms with Crippen molar-refractivity contribution >= 4 is 34.2 Å². The van der Waals surface area contributed by atoms with Gasteiger partial charge in [0.1, 0.15) is 6.54 Å². The molecule has 1 N–H and O–H groups in total. The van der Waals surface area contributed by atoms with Crippen molar-refractivity contribution < 1.29 is 14.4 Å². The first kappa shape index (κ1) is 15.5. The number of nitrogens with one attached hydrogen (secondary N) is 1. The van der Waals surface area contributed by atoms with E-state index in [1.165, 1.54) is 16.2 Å². The highest BCUT2D eigenvalue weighted by Crippen LogP contribution is 2.35. The molecule has 2 aliphatic carbocycles. The summed E-state index contributed by atoms with van der Waals surface area (Å²) < 4.78 is 0. The zero-order chi connectivity index (χ0) is 16.7. The number of carbonyl (C=O) groups excluding carboxylic acids is 3. The van der Waals surface area contributed by atoms with Gasteiger partial charge in [0.25, 0.3) is 0 Å². The summed E-state index contributed by atoms with van der Waals surface area (Å²) in [6.07, 6.45) is 9.34. The van der Waals surface area contributed by atoms with Gasteiger partial charge in [0, 0.05) is 4.88 Å². The second kappa shape index (κ2) is 6.12. The number of carbonyl (C=O) groups is 3. The lowest BCUT2D eigenvalue weighted by Crippen LogP contribution is -2.38. The van der Waals surface area contributed by atoms with Crippen molar-refractivity contribution in [3.63, 3.8) is 0 Å². The molecule has 2 heterocycles. The quantitative estimate of drug-likeness (QED) is 0.670. The van der Waals surface area contributed by atoms with Gasteiger partial charge in [-0.15, -0.1) is 11.3 Å². The normalized spacial score (nSPS) is 25.6. The SMILES string of the molecule is O=C(CN1C(=O)[C@H]2CC=CC[C@H]2C1=O)Nc1nc2c(s1)CCCC2. The summed E-state index contributed by atoms with van der Waals surface area (Å²) in [7, 11) is 0. The number of anilines is 1. The Morgan fingerprint density at radius 2 is 1.83 bits per heavy atom. The number of allylic oxidation sites excluding steroid dienone is 2. The van der Waals surface area contributed by atoms with Crippen LogP contribution >= 0.6 is 11.3 Å². The molecular formula is C17H19N3O3S. The maximum absolute atomic E-state index is 12.4. The van der Waals surface area contributed by atoms with Gasteiger partial charge in [0.2, 0.25) is 17.7 Å². The fourth-order valence-corrected chi connectivity index (χ4v) is 4.80. The standard InChI is InChI=1S/C17H19N3O3S/c21-14(19-17-18-12-7-3-4-8-13(12)24-17)9-20-15(22)10-5-1-2-6-11(10)16(20)23/h1-2,10-11H,3-9H2,(H,18,19,21)/t10-,11+. The van der Waals surface area contributed by atoms with Crippen molar-refractivity contribution in [2.24, 2.45) is 11.8 Å². The number of nitrogens with zero attached hydrogens (tertiary/aromatic N) is 2. The molecule has 24 heavy (non-hydrogen) atoms. The number of hydrogen-bond acceptors (Lipinski definition) is 5. The molecule has 0 spiro atoms. The Bertz CT molecular complexity index is 690. The zero-order valence-corrected chi connectivity index (χ0v) is 14.1. The van der Waals surface area contributed by atoms with Gasteiger partial charge in [0.15, 0.2) is 5.13 Å². The third-order valence-corrected chi connectivity index (χ3v) is 6.07. The van der Waals surface area contributed by atoms with E-state index in [0.29, 0.717) is 18.0 Å². The molecule has 0 unspecified atom stereocenters. The number of hydrogen-bond donors (Lipinski definition) is 1. The first-order valence-corrected chi connectivity index (χ1v) is 9.24. The smallest absolute Gasteiger partial charge is 0.246 e. The average molecular weight is 345 g/mol. The van der Waals surface area contributed by atoms with E-state index in [2.05, 4.69) is 10.3 Å². The number of thiazole rings is 1. The molecule has 0 saturated carbocycles. The summed E-state index contributed by atoms with van der Waals surface area (Å²) >= 11 is 1.50. The van der Waals surface area contributed by atoms with Crippen LogP contribution in [0.2, 0.25) is 0 Å². The van der Waals surface area contributed by atoms with Crippen molar-refractivity contribution in [3.05, 3.63) is 22.7 Å². The molecule has 4 rings (SSSR count). The lowest BCUT2D eigenvalue weighted by atomic mass is 9.85. The van der Waals surface area contributed by atoms with Gasteiger partial charge in [-0.3, -0.25) is 19.3 Å². The van der Waals surface area contributed by atoms with Crippen LogP contribution in [0.1, 0.15) is 36.3 Å². The first-order valence-electron chi connectivity index (χ1n) is 8.42. The second-order valence-corrected chi connectivity index (χ2v) is 7.65. The molecule has 3 aliphatic rings. The molecule has 126 valence electrons. The van der Waals surface area contributed by atoms with Gasteiger partial charge < -0.3 is 5.32 Å². The number of aromatic nitrogens is 1. The van der Waals surface area contributed by atoms with Crippen LogP contribution in [0.4, 0.5) is 5.13 Å². The largest absolute Gasteiger partial charge is 0.300 e. The van der Waals surface area contributed by atoms with E-state index in [9.17, 15) is 14.4 Å². The minimum atomic E-state index is -0.352. The van der Waals surface area contributed by atoms with E-state index in [1.54, 1.807) is 0 Å².